The first kappa shape index (κ1) is 13.5. The quantitative estimate of drug-likeness (QED) is 0.905. The Bertz CT molecular complexity index is 656. The van der Waals surface area contributed by atoms with Crippen molar-refractivity contribution in [2.45, 2.75) is 19.4 Å². The van der Waals surface area contributed by atoms with E-state index < -0.39 is 5.97 Å². The number of aromatic carboxylic acids is 1. The summed E-state index contributed by atoms with van der Waals surface area (Å²) in [5.74, 6) is 0.00404. The van der Waals surface area contributed by atoms with Gasteiger partial charge in [-0.1, -0.05) is 30.3 Å². The second kappa shape index (κ2) is 5.48. The van der Waals surface area contributed by atoms with Crippen molar-refractivity contribution in [2.75, 3.05) is 11.9 Å². The fraction of sp³-hybridized carbons (Fsp3) is 0.235. The van der Waals surface area contributed by atoms with E-state index in [1.54, 1.807) is 12.1 Å². The van der Waals surface area contributed by atoms with Crippen molar-refractivity contribution in [3.05, 3.63) is 59.2 Å². The second-order valence-electron chi connectivity index (χ2n) is 5.24. The van der Waals surface area contributed by atoms with Gasteiger partial charge in [-0.3, -0.25) is 0 Å². The first-order valence-electron chi connectivity index (χ1n) is 6.96. The fourth-order valence-electron chi connectivity index (χ4n) is 2.66. The molecule has 21 heavy (non-hydrogen) atoms. The topological polar surface area (TPSA) is 58.6 Å². The first-order valence-corrected chi connectivity index (χ1v) is 6.96. The lowest BCUT2D eigenvalue weighted by Gasteiger charge is -2.16. The Kier molecular flexibility index (Phi) is 3.52. The van der Waals surface area contributed by atoms with Crippen molar-refractivity contribution in [3.63, 3.8) is 0 Å². The van der Waals surface area contributed by atoms with Crippen LogP contribution in [0.15, 0.2) is 42.5 Å². The predicted octanol–water partition coefficient (Wildman–Crippen LogP) is 3.11. The summed E-state index contributed by atoms with van der Waals surface area (Å²) < 4.78 is 5.86. The summed E-state index contributed by atoms with van der Waals surface area (Å²) in [4.78, 5) is 11.3. The molecule has 2 aromatic rings. The van der Waals surface area contributed by atoms with Gasteiger partial charge in [0.1, 0.15) is 11.9 Å². The van der Waals surface area contributed by atoms with E-state index in [2.05, 4.69) is 11.4 Å². The number of ether oxygens (including phenoxy) is 1. The maximum absolute atomic E-state index is 11.3. The number of nitrogens with one attached hydrogen (secondary N) is 1. The predicted molar refractivity (Wildman–Crippen MR) is 81.2 cm³/mol. The summed E-state index contributed by atoms with van der Waals surface area (Å²) in [7, 11) is 0. The minimum absolute atomic E-state index is 0.0312. The molecule has 2 aromatic carbocycles. The van der Waals surface area contributed by atoms with Gasteiger partial charge in [0.2, 0.25) is 0 Å². The van der Waals surface area contributed by atoms with Gasteiger partial charge in [0, 0.05) is 6.42 Å². The summed E-state index contributed by atoms with van der Waals surface area (Å²) in [6, 6.07) is 13.3. The summed E-state index contributed by atoms with van der Waals surface area (Å²) in [6.07, 6.45) is 0.876. The normalized spacial score (nSPS) is 16.1. The Morgan fingerprint density at radius 3 is 2.86 bits per heavy atom. The molecule has 0 fully saturated rings. The van der Waals surface area contributed by atoms with E-state index in [9.17, 15) is 9.90 Å². The molecule has 1 unspecified atom stereocenters. The Labute approximate surface area is 123 Å². The van der Waals surface area contributed by atoms with E-state index in [-0.39, 0.29) is 6.10 Å². The summed E-state index contributed by atoms with van der Waals surface area (Å²) in [5.41, 5.74) is 3.09. The zero-order chi connectivity index (χ0) is 14.8. The highest BCUT2D eigenvalue weighted by molar-refractivity contribution is 5.95. The molecule has 108 valence electrons. The lowest BCUT2D eigenvalue weighted by atomic mass is 10.1. The minimum atomic E-state index is -0.920. The largest absolute Gasteiger partial charge is 0.488 e. The van der Waals surface area contributed by atoms with E-state index in [0.29, 0.717) is 17.8 Å². The monoisotopic (exact) mass is 283 g/mol. The Morgan fingerprint density at radius 2 is 2.10 bits per heavy atom. The number of anilines is 1. The zero-order valence-electron chi connectivity index (χ0n) is 11.8. The lowest BCUT2D eigenvalue weighted by Crippen LogP contribution is -2.25. The van der Waals surface area contributed by atoms with Crippen LogP contribution in [-0.2, 0) is 6.42 Å². The van der Waals surface area contributed by atoms with E-state index in [1.807, 2.05) is 31.2 Å². The number of carboxylic acids is 1. The van der Waals surface area contributed by atoms with Gasteiger partial charge < -0.3 is 15.2 Å². The number of rotatable bonds is 4. The molecular weight excluding hydrogens is 266 g/mol. The van der Waals surface area contributed by atoms with Crippen molar-refractivity contribution < 1.29 is 14.6 Å². The van der Waals surface area contributed by atoms with Crippen LogP contribution < -0.4 is 10.1 Å². The average Bonchev–Trinajstić information content (AvgIpc) is 2.88. The van der Waals surface area contributed by atoms with Crippen LogP contribution in [0.25, 0.3) is 0 Å². The number of hydrogen-bond donors (Lipinski definition) is 2. The van der Waals surface area contributed by atoms with Crippen LogP contribution in [0.3, 0.4) is 0 Å². The van der Waals surface area contributed by atoms with Crippen molar-refractivity contribution in [2.24, 2.45) is 0 Å². The Hall–Kier alpha value is -2.49. The maximum Gasteiger partial charge on any atom is 0.337 e. The SMILES string of the molecule is Cc1cccc(C(=O)O)c1NCC1Cc2ccccc2O1. The van der Waals surface area contributed by atoms with Gasteiger partial charge in [-0.05, 0) is 30.2 Å². The van der Waals surface area contributed by atoms with Gasteiger partial charge in [0.25, 0.3) is 0 Å². The summed E-state index contributed by atoms with van der Waals surface area (Å²) >= 11 is 0. The summed E-state index contributed by atoms with van der Waals surface area (Å²) in [5, 5.41) is 12.5. The van der Waals surface area contributed by atoms with Crippen LogP contribution in [0.1, 0.15) is 21.5 Å². The molecule has 0 amide bonds. The third kappa shape index (κ3) is 2.70. The maximum atomic E-state index is 11.3. The zero-order valence-corrected chi connectivity index (χ0v) is 11.8. The number of para-hydroxylation sites is 2. The highest BCUT2D eigenvalue weighted by Gasteiger charge is 2.22. The Morgan fingerprint density at radius 1 is 1.29 bits per heavy atom. The molecule has 0 aromatic heterocycles. The summed E-state index contributed by atoms with van der Waals surface area (Å²) in [6.45, 7) is 2.48. The number of hydrogen-bond acceptors (Lipinski definition) is 3. The second-order valence-corrected chi connectivity index (χ2v) is 5.24. The van der Waals surface area contributed by atoms with Gasteiger partial charge in [-0.15, -0.1) is 0 Å². The number of benzene rings is 2. The van der Waals surface area contributed by atoms with Gasteiger partial charge in [-0.2, -0.15) is 0 Å². The highest BCUT2D eigenvalue weighted by Crippen LogP contribution is 2.29. The molecule has 0 saturated carbocycles. The molecule has 3 rings (SSSR count). The lowest BCUT2D eigenvalue weighted by molar-refractivity contribution is 0.0697. The molecule has 4 nitrogen and oxygen atoms in total. The standard InChI is InChI=1S/C17H17NO3/c1-11-5-4-7-14(17(19)20)16(11)18-10-13-9-12-6-2-3-8-15(12)21-13/h2-8,13,18H,9-10H2,1H3,(H,19,20). The average molecular weight is 283 g/mol. The molecule has 0 bridgehead atoms. The third-order valence-corrected chi connectivity index (χ3v) is 3.72. The van der Waals surface area contributed by atoms with Gasteiger partial charge in [0.15, 0.2) is 0 Å². The first-order chi connectivity index (χ1) is 10.1. The van der Waals surface area contributed by atoms with Crippen LogP contribution in [0, 0.1) is 6.92 Å². The van der Waals surface area contributed by atoms with E-state index in [0.717, 1.165) is 17.7 Å². The highest BCUT2D eigenvalue weighted by atomic mass is 16.5. The molecule has 1 atom stereocenters. The van der Waals surface area contributed by atoms with E-state index >= 15 is 0 Å². The van der Waals surface area contributed by atoms with Crippen LogP contribution >= 0.6 is 0 Å². The van der Waals surface area contributed by atoms with E-state index in [1.165, 1.54) is 5.56 Å². The molecule has 1 aliphatic rings. The minimum Gasteiger partial charge on any atom is -0.488 e. The molecular formula is C17H17NO3. The van der Waals surface area contributed by atoms with Crippen molar-refractivity contribution in [1.29, 1.82) is 0 Å². The fourth-order valence-corrected chi connectivity index (χ4v) is 2.66. The molecule has 0 spiro atoms. The molecule has 2 N–H and O–H groups in total. The third-order valence-electron chi connectivity index (χ3n) is 3.72. The van der Waals surface area contributed by atoms with Crippen molar-refractivity contribution in [3.8, 4) is 5.75 Å². The van der Waals surface area contributed by atoms with E-state index in [4.69, 9.17) is 4.74 Å². The van der Waals surface area contributed by atoms with Crippen LogP contribution in [0.4, 0.5) is 5.69 Å². The van der Waals surface area contributed by atoms with Gasteiger partial charge in [0.05, 0.1) is 17.8 Å². The molecule has 1 heterocycles. The number of carbonyl (C=O) groups is 1. The molecule has 0 aliphatic carbocycles. The number of fused-ring (bicyclic) bond motifs is 1. The van der Waals surface area contributed by atoms with Crippen LogP contribution in [-0.4, -0.2) is 23.7 Å². The van der Waals surface area contributed by atoms with Crippen molar-refractivity contribution in [1.82, 2.24) is 0 Å². The molecule has 4 heteroatoms. The molecule has 0 radical (unpaired) electrons. The number of aryl methyl sites for hydroxylation is 1. The van der Waals surface area contributed by atoms with Crippen molar-refractivity contribution >= 4 is 11.7 Å². The molecule has 1 aliphatic heterocycles. The van der Waals surface area contributed by atoms with Gasteiger partial charge >= 0.3 is 5.97 Å². The Balaban J connectivity index is 1.71. The molecule has 0 saturated heterocycles. The van der Waals surface area contributed by atoms with Crippen LogP contribution in [0.5, 0.6) is 5.75 Å². The van der Waals surface area contributed by atoms with Crippen LogP contribution in [0.2, 0.25) is 0 Å². The van der Waals surface area contributed by atoms with Gasteiger partial charge in [-0.25, -0.2) is 4.79 Å². The number of carboxylic acid groups (broad SMARTS) is 1. The smallest absolute Gasteiger partial charge is 0.337 e.